The van der Waals surface area contributed by atoms with Crippen molar-refractivity contribution in [1.82, 2.24) is 0 Å². The van der Waals surface area contributed by atoms with Crippen LogP contribution < -0.4 is 0 Å². The fourth-order valence-electron chi connectivity index (χ4n) is 2.18. The Kier molecular flexibility index (Phi) is 3.16. The molecule has 1 aliphatic rings. The van der Waals surface area contributed by atoms with Crippen LogP contribution in [-0.2, 0) is 0 Å². The van der Waals surface area contributed by atoms with Crippen molar-refractivity contribution >= 4 is 0 Å². The van der Waals surface area contributed by atoms with E-state index in [0.717, 1.165) is 12.3 Å². The summed E-state index contributed by atoms with van der Waals surface area (Å²) in [5.41, 5.74) is 0.565. The first-order valence-corrected chi connectivity index (χ1v) is 5.18. The van der Waals surface area contributed by atoms with Gasteiger partial charge in [-0.2, -0.15) is 0 Å². The molecule has 0 heterocycles. The topological polar surface area (TPSA) is 20.2 Å². The van der Waals surface area contributed by atoms with E-state index in [9.17, 15) is 5.11 Å². The second kappa shape index (κ2) is 3.78. The van der Waals surface area contributed by atoms with E-state index < -0.39 is 0 Å². The predicted molar refractivity (Wildman–Crippen MR) is 52.0 cm³/mol. The van der Waals surface area contributed by atoms with Crippen molar-refractivity contribution in [1.29, 1.82) is 0 Å². The van der Waals surface area contributed by atoms with E-state index in [0.29, 0.717) is 5.41 Å². The zero-order valence-electron chi connectivity index (χ0n) is 8.64. The molecular formula is C11H22O. The van der Waals surface area contributed by atoms with Gasteiger partial charge >= 0.3 is 0 Å². The summed E-state index contributed by atoms with van der Waals surface area (Å²) in [5.74, 6) is 0.790. The molecule has 0 spiro atoms. The third-order valence-electron chi connectivity index (χ3n) is 3.13. The van der Waals surface area contributed by atoms with Crippen LogP contribution in [0.3, 0.4) is 0 Å². The molecule has 0 aromatic carbocycles. The van der Waals surface area contributed by atoms with Gasteiger partial charge in [0.1, 0.15) is 0 Å². The van der Waals surface area contributed by atoms with Gasteiger partial charge in [0, 0.05) is 0 Å². The Hall–Kier alpha value is -0.0400. The van der Waals surface area contributed by atoms with Crippen LogP contribution in [0, 0.1) is 11.3 Å². The molecule has 72 valence electrons. The molecule has 0 aromatic heterocycles. The third-order valence-corrected chi connectivity index (χ3v) is 3.13. The lowest BCUT2D eigenvalue weighted by Crippen LogP contribution is -2.23. The van der Waals surface area contributed by atoms with E-state index >= 15 is 0 Å². The van der Waals surface area contributed by atoms with Crippen LogP contribution in [0.1, 0.15) is 52.9 Å². The number of aliphatic hydroxyl groups is 1. The Morgan fingerprint density at radius 3 is 2.25 bits per heavy atom. The molecule has 1 fully saturated rings. The zero-order chi connectivity index (χ0) is 9.19. The Balaban J connectivity index is 2.27. The molecule has 1 saturated carbocycles. The largest absolute Gasteiger partial charge is 0.393 e. The smallest absolute Gasteiger partial charge is 0.0514 e. The van der Waals surface area contributed by atoms with E-state index in [2.05, 4.69) is 13.8 Å². The van der Waals surface area contributed by atoms with Crippen molar-refractivity contribution in [2.45, 2.75) is 59.0 Å². The van der Waals surface area contributed by atoms with E-state index in [-0.39, 0.29) is 6.10 Å². The average Bonchev–Trinajstić information content (AvgIpc) is 1.93. The van der Waals surface area contributed by atoms with E-state index in [1.54, 1.807) is 0 Å². The lowest BCUT2D eigenvalue weighted by Gasteiger charge is -2.34. The van der Waals surface area contributed by atoms with Gasteiger partial charge in [0.2, 0.25) is 0 Å². The molecule has 1 aliphatic carbocycles. The normalized spacial score (nSPS) is 27.0. The second-order valence-corrected chi connectivity index (χ2v) is 5.19. The van der Waals surface area contributed by atoms with Crippen molar-refractivity contribution in [3.63, 3.8) is 0 Å². The summed E-state index contributed by atoms with van der Waals surface area (Å²) in [6.07, 6.45) is 6.22. The van der Waals surface area contributed by atoms with Crippen LogP contribution in [0.15, 0.2) is 0 Å². The van der Waals surface area contributed by atoms with Crippen molar-refractivity contribution in [3.8, 4) is 0 Å². The maximum absolute atomic E-state index is 9.23. The number of rotatable bonds is 2. The molecule has 1 N–H and O–H groups in total. The molecule has 0 aromatic rings. The van der Waals surface area contributed by atoms with Gasteiger partial charge in [0.25, 0.3) is 0 Å². The van der Waals surface area contributed by atoms with Gasteiger partial charge in [-0.1, -0.05) is 13.8 Å². The number of hydrogen-bond acceptors (Lipinski definition) is 1. The first kappa shape index (κ1) is 10.0. The minimum absolute atomic E-state index is 0.101. The molecule has 1 nitrogen and oxygen atoms in total. The van der Waals surface area contributed by atoms with E-state index in [1.807, 2.05) is 6.92 Å². The Morgan fingerprint density at radius 1 is 1.33 bits per heavy atom. The highest BCUT2D eigenvalue weighted by Gasteiger charge is 2.26. The van der Waals surface area contributed by atoms with Crippen LogP contribution in [0.2, 0.25) is 0 Å². The average molecular weight is 170 g/mol. The molecule has 0 saturated heterocycles. The van der Waals surface area contributed by atoms with Crippen molar-refractivity contribution in [2.75, 3.05) is 0 Å². The third kappa shape index (κ3) is 3.14. The van der Waals surface area contributed by atoms with Gasteiger partial charge < -0.3 is 5.11 Å². The summed E-state index contributed by atoms with van der Waals surface area (Å²) in [7, 11) is 0. The molecule has 1 atom stereocenters. The van der Waals surface area contributed by atoms with Crippen LogP contribution in [-0.4, -0.2) is 11.2 Å². The maximum Gasteiger partial charge on any atom is 0.0514 e. The fourth-order valence-corrected chi connectivity index (χ4v) is 2.18. The summed E-state index contributed by atoms with van der Waals surface area (Å²) in [4.78, 5) is 0. The molecule has 1 rings (SSSR count). The first-order chi connectivity index (χ1) is 5.49. The van der Waals surface area contributed by atoms with Gasteiger partial charge in [-0.05, 0) is 50.4 Å². The lowest BCUT2D eigenvalue weighted by molar-refractivity contribution is 0.118. The van der Waals surface area contributed by atoms with Gasteiger partial charge in [-0.15, -0.1) is 0 Å². The summed E-state index contributed by atoms with van der Waals surface area (Å²) < 4.78 is 0. The quantitative estimate of drug-likeness (QED) is 0.675. The van der Waals surface area contributed by atoms with Crippen LogP contribution in [0.25, 0.3) is 0 Å². The summed E-state index contributed by atoms with van der Waals surface area (Å²) in [5, 5.41) is 9.23. The van der Waals surface area contributed by atoms with Crippen LogP contribution in [0.5, 0.6) is 0 Å². The second-order valence-electron chi connectivity index (χ2n) is 5.19. The molecular weight excluding hydrogens is 148 g/mol. The highest BCUT2D eigenvalue weighted by atomic mass is 16.3. The molecule has 1 heteroatoms. The first-order valence-electron chi connectivity index (χ1n) is 5.18. The van der Waals surface area contributed by atoms with Gasteiger partial charge in [-0.25, -0.2) is 0 Å². The Bertz CT molecular complexity index is 128. The van der Waals surface area contributed by atoms with Crippen molar-refractivity contribution in [2.24, 2.45) is 11.3 Å². The van der Waals surface area contributed by atoms with E-state index in [1.165, 1.54) is 25.7 Å². The Labute approximate surface area is 76.2 Å². The molecule has 0 amide bonds. The van der Waals surface area contributed by atoms with Crippen LogP contribution in [0.4, 0.5) is 0 Å². The minimum atomic E-state index is -0.101. The van der Waals surface area contributed by atoms with Gasteiger partial charge in [0.15, 0.2) is 0 Å². The molecule has 0 bridgehead atoms. The molecule has 0 radical (unpaired) electrons. The van der Waals surface area contributed by atoms with Gasteiger partial charge in [0.05, 0.1) is 6.10 Å². The number of aliphatic hydroxyl groups excluding tert-OH is 1. The summed E-state index contributed by atoms with van der Waals surface area (Å²) in [6.45, 7) is 6.61. The SMILES string of the molecule is C[C@@H](O)CC1CCC(C)(C)CC1. The number of hydrogen-bond donors (Lipinski definition) is 1. The highest BCUT2D eigenvalue weighted by Crippen LogP contribution is 2.39. The highest BCUT2D eigenvalue weighted by molar-refractivity contribution is 4.79. The van der Waals surface area contributed by atoms with Crippen molar-refractivity contribution < 1.29 is 5.11 Å². The fraction of sp³-hybridized carbons (Fsp3) is 1.00. The minimum Gasteiger partial charge on any atom is -0.393 e. The summed E-state index contributed by atoms with van der Waals surface area (Å²) >= 11 is 0. The van der Waals surface area contributed by atoms with Crippen molar-refractivity contribution in [3.05, 3.63) is 0 Å². The molecule has 12 heavy (non-hydrogen) atoms. The monoisotopic (exact) mass is 170 g/mol. The maximum atomic E-state index is 9.23. The predicted octanol–water partition coefficient (Wildman–Crippen LogP) is 2.97. The standard InChI is InChI=1S/C11H22O/c1-9(12)8-10-4-6-11(2,3)7-5-10/h9-10,12H,4-8H2,1-3H3/t9-/m1/s1. The zero-order valence-corrected chi connectivity index (χ0v) is 8.64. The van der Waals surface area contributed by atoms with Crippen LogP contribution >= 0.6 is 0 Å². The van der Waals surface area contributed by atoms with E-state index in [4.69, 9.17) is 0 Å². The lowest BCUT2D eigenvalue weighted by atomic mass is 9.72. The molecule has 0 unspecified atom stereocenters. The molecule has 0 aliphatic heterocycles. The van der Waals surface area contributed by atoms with Gasteiger partial charge in [-0.3, -0.25) is 0 Å². The Morgan fingerprint density at radius 2 is 1.83 bits per heavy atom. The summed E-state index contributed by atoms with van der Waals surface area (Å²) in [6, 6.07) is 0.